The Hall–Kier alpha value is -3.49. The Morgan fingerprint density at radius 3 is 2.32 bits per heavy atom. The summed E-state index contributed by atoms with van der Waals surface area (Å²) in [5, 5.41) is 13.5. The van der Waals surface area contributed by atoms with Gasteiger partial charge in [-0.25, -0.2) is 0 Å². The molecule has 0 bridgehead atoms. The van der Waals surface area contributed by atoms with E-state index in [9.17, 15) is 24.5 Å². The van der Waals surface area contributed by atoms with Crippen molar-refractivity contribution >= 4 is 23.2 Å². The first-order chi connectivity index (χ1) is 11.7. The second kappa shape index (κ2) is 6.95. The number of nitrogens with one attached hydrogen (secondary N) is 1. The van der Waals surface area contributed by atoms with Gasteiger partial charge in [0, 0.05) is 11.8 Å². The second-order valence-corrected chi connectivity index (χ2v) is 5.59. The average molecular weight is 344 g/mol. The van der Waals surface area contributed by atoms with Gasteiger partial charge < -0.3 is 11.1 Å². The molecule has 2 aromatic rings. The molecule has 1 heterocycles. The van der Waals surface area contributed by atoms with E-state index in [2.05, 4.69) is 5.32 Å². The number of pyridine rings is 1. The lowest BCUT2D eigenvalue weighted by atomic mass is 10.1. The standard InChI is InChI=1S/C16H16N4O5/c1-9-3-10(2)5-11(4-9)18-14(21)8-19-7-12(20(24)25)6-13(15(17)22)16(19)23/h3-7H,8H2,1-2H3,(H2,17,22)(H,18,21). The van der Waals surface area contributed by atoms with Gasteiger partial charge in [-0.15, -0.1) is 0 Å². The molecular formula is C16H16N4O5. The van der Waals surface area contributed by atoms with Gasteiger partial charge in [-0.3, -0.25) is 29.1 Å². The molecule has 0 unspecified atom stereocenters. The van der Waals surface area contributed by atoms with Crippen LogP contribution in [0.3, 0.4) is 0 Å². The van der Waals surface area contributed by atoms with Crippen molar-refractivity contribution in [2.75, 3.05) is 5.32 Å². The number of carbonyl (C=O) groups excluding carboxylic acids is 2. The molecule has 9 nitrogen and oxygen atoms in total. The fourth-order valence-electron chi connectivity index (χ4n) is 2.42. The van der Waals surface area contributed by atoms with E-state index in [0.29, 0.717) is 5.69 Å². The van der Waals surface area contributed by atoms with Crippen LogP contribution in [0.5, 0.6) is 0 Å². The van der Waals surface area contributed by atoms with E-state index >= 15 is 0 Å². The van der Waals surface area contributed by atoms with E-state index in [1.165, 1.54) is 0 Å². The van der Waals surface area contributed by atoms with Gasteiger partial charge in [-0.2, -0.15) is 0 Å². The van der Waals surface area contributed by atoms with Crippen molar-refractivity contribution < 1.29 is 14.5 Å². The highest BCUT2D eigenvalue weighted by molar-refractivity contribution is 5.93. The summed E-state index contributed by atoms with van der Waals surface area (Å²) in [6, 6.07) is 6.22. The number of hydrogen-bond donors (Lipinski definition) is 2. The van der Waals surface area contributed by atoms with Gasteiger partial charge in [0.25, 0.3) is 17.2 Å². The number of nitrogens with zero attached hydrogens (tertiary/aromatic N) is 2. The van der Waals surface area contributed by atoms with Gasteiger partial charge in [-0.1, -0.05) is 6.07 Å². The number of anilines is 1. The first-order valence-corrected chi connectivity index (χ1v) is 7.24. The normalized spacial score (nSPS) is 10.3. The maximum atomic E-state index is 12.2. The molecule has 0 aliphatic carbocycles. The summed E-state index contributed by atoms with van der Waals surface area (Å²) in [5.74, 6) is -1.67. The number of primary amides is 1. The molecule has 3 N–H and O–H groups in total. The van der Waals surface area contributed by atoms with Crippen molar-refractivity contribution in [2.24, 2.45) is 5.73 Å². The lowest BCUT2D eigenvalue weighted by Gasteiger charge is -2.10. The van der Waals surface area contributed by atoms with Crippen LogP contribution in [0.4, 0.5) is 11.4 Å². The van der Waals surface area contributed by atoms with E-state index in [0.717, 1.165) is 28.0 Å². The highest BCUT2D eigenvalue weighted by atomic mass is 16.6. The van der Waals surface area contributed by atoms with Crippen LogP contribution in [-0.2, 0) is 11.3 Å². The summed E-state index contributed by atoms with van der Waals surface area (Å²) in [7, 11) is 0. The maximum Gasteiger partial charge on any atom is 0.286 e. The number of aromatic nitrogens is 1. The van der Waals surface area contributed by atoms with E-state index < -0.39 is 40.1 Å². The molecule has 2 amide bonds. The topological polar surface area (TPSA) is 137 Å². The Kier molecular flexibility index (Phi) is 4.97. The van der Waals surface area contributed by atoms with Crippen molar-refractivity contribution in [3.8, 4) is 0 Å². The zero-order chi connectivity index (χ0) is 18.7. The first kappa shape index (κ1) is 17.9. The molecule has 0 saturated carbocycles. The molecule has 9 heteroatoms. The fraction of sp³-hybridized carbons (Fsp3) is 0.188. The number of benzene rings is 1. The van der Waals surface area contributed by atoms with Crippen LogP contribution in [0.15, 0.2) is 35.3 Å². The maximum absolute atomic E-state index is 12.2. The van der Waals surface area contributed by atoms with E-state index in [1.807, 2.05) is 19.9 Å². The number of rotatable bonds is 5. The van der Waals surface area contributed by atoms with Crippen LogP contribution in [0.25, 0.3) is 0 Å². The molecular weight excluding hydrogens is 328 g/mol. The van der Waals surface area contributed by atoms with Crippen LogP contribution in [0.1, 0.15) is 21.5 Å². The van der Waals surface area contributed by atoms with Crippen LogP contribution < -0.4 is 16.6 Å². The number of amides is 2. The minimum atomic E-state index is -1.10. The highest BCUT2D eigenvalue weighted by Crippen LogP contribution is 2.14. The zero-order valence-electron chi connectivity index (χ0n) is 13.6. The molecule has 2 rings (SSSR count). The van der Waals surface area contributed by atoms with Crippen molar-refractivity contribution in [2.45, 2.75) is 20.4 Å². The Morgan fingerprint density at radius 1 is 1.20 bits per heavy atom. The largest absolute Gasteiger partial charge is 0.365 e. The molecule has 1 aromatic carbocycles. The van der Waals surface area contributed by atoms with E-state index in [4.69, 9.17) is 5.73 Å². The van der Waals surface area contributed by atoms with Crippen molar-refractivity contribution in [3.05, 3.63) is 67.6 Å². The second-order valence-electron chi connectivity index (χ2n) is 5.59. The third-order valence-electron chi connectivity index (χ3n) is 3.37. The summed E-state index contributed by atoms with van der Waals surface area (Å²) in [4.78, 5) is 45.7. The number of nitro groups is 1. The monoisotopic (exact) mass is 344 g/mol. The van der Waals surface area contributed by atoms with Crippen LogP contribution in [-0.4, -0.2) is 21.3 Å². The minimum absolute atomic E-state index is 0.492. The van der Waals surface area contributed by atoms with Gasteiger partial charge in [0.1, 0.15) is 12.1 Å². The molecule has 0 fully saturated rings. The van der Waals surface area contributed by atoms with Crippen LogP contribution in [0.2, 0.25) is 0 Å². The lowest BCUT2D eigenvalue weighted by Crippen LogP contribution is -2.33. The third-order valence-corrected chi connectivity index (χ3v) is 3.37. The smallest absolute Gasteiger partial charge is 0.286 e. The highest BCUT2D eigenvalue weighted by Gasteiger charge is 2.18. The van der Waals surface area contributed by atoms with Gasteiger partial charge >= 0.3 is 0 Å². The SMILES string of the molecule is Cc1cc(C)cc(NC(=O)Cn2cc([N+](=O)[O-])cc(C(N)=O)c2=O)c1. The molecule has 0 aliphatic rings. The Morgan fingerprint density at radius 2 is 1.80 bits per heavy atom. The minimum Gasteiger partial charge on any atom is -0.365 e. The molecule has 0 radical (unpaired) electrons. The van der Waals surface area contributed by atoms with Crippen LogP contribution in [0, 0.1) is 24.0 Å². The molecule has 130 valence electrons. The molecule has 0 aliphatic heterocycles. The number of hydrogen-bond acceptors (Lipinski definition) is 5. The lowest BCUT2D eigenvalue weighted by molar-refractivity contribution is -0.385. The summed E-state index contributed by atoms with van der Waals surface area (Å²) >= 11 is 0. The summed E-state index contributed by atoms with van der Waals surface area (Å²) in [5.41, 5.74) is 5.57. The molecule has 0 spiro atoms. The molecule has 25 heavy (non-hydrogen) atoms. The van der Waals surface area contributed by atoms with Crippen LogP contribution >= 0.6 is 0 Å². The Bertz CT molecular complexity index is 912. The average Bonchev–Trinajstić information content (AvgIpc) is 2.47. The zero-order valence-corrected chi connectivity index (χ0v) is 13.6. The van der Waals surface area contributed by atoms with E-state index in [-0.39, 0.29) is 0 Å². The quantitative estimate of drug-likeness (QED) is 0.618. The third kappa shape index (κ3) is 4.28. The van der Waals surface area contributed by atoms with Gasteiger partial charge in [0.15, 0.2) is 0 Å². The summed E-state index contributed by atoms with van der Waals surface area (Å²) in [6.45, 7) is 3.24. The van der Waals surface area contributed by atoms with Gasteiger partial charge in [0.2, 0.25) is 5.91 Å². The number of nitrogens with two attached hydrogens (primary N) is 1. The van der Waals surface area contributed by atoms with Crippen molar-refractivity contribution in [3.63, 3.8) is 0 Å². The number of aryl methyl sites for hydroxylation is 2. The predicted octanol–water partition coefficient (Wildman–Crippen LogP) is 1.11. The molecule has 1 aromatic heterocycles. The van der Waals surface area contributed by atoms with Gasteiger partial charge in [-0.05, 0) is 37.1 Å². The predicted molar refractivity (Wildman–Crippen MR) is 90.4 cm³/mol. The fourth-order valence-corrected chi connectivity index (χ4v) is 2.42. The van der Waals surface area contributed by atoms with Gasteiger partial charge in [0.05, 0.1) is 11.1 Å². The molecule has 0 atom stereocenters. The molecule has 0 saturated heterocycles. The number of carbonyl (C=O) groups is 2. The summed E-state index contributed by atoms with van der Waals surface area (Å²) < 4.78 is 0.788. The summed E-state index contributed by atoms with van der Waals surface area (Å²) in [6.07, 6.45) is 0.899. The van der Waals surface area contributed by atoms with Crippen molar-refractivity contribution in [1.82, 2.24) is 4.57 Å². The van der Waals surface area contributed by atoms with E-state index in [1.54, 1.807) is 12.1 Å². The Balaban J connectivity index is 2.32. The first-order valence-electron chi connectivity index (χ1n) is 7.24. The Labute approximate surface area is 142 Å². The van der Waals surface area contributed by atoms with Crippen molar-refractivity contribution in [1.29, 1.82) is 0 Å².